The van der Waals surface area contributed by atoms with Crippen molar-refractivity contribution in [2.45, 2.75) is 25.8 Å². The Hall–Kier alpha value is -3.56. The number of nitrogens with two attached hydrogens (primary N) is 1. The van der Waals surface area contributed by atoms with Crippen molar-refractivity contribution in [2.24, 2.45) is 5.92 Å². The number of amides is 2. The number of halogens is 1. The number of hydrogen-bond acceptors (Lipinski definition) is 6. The molecule has 0 aromatic carbocycles. The van der Waals surface area contributed by atoms with E-state index in [1.807, 2.05) is 6.92 Å². The van der Waals surface area contributed by atoms with Crippen molar-refractivity contribution in [1.82, 2.24) is 25.1 Å². The maximum absolute atomic E-state index is 13.7. The lowest BCUT2D eigenvalue weighted by molar-refractivity contribution is -0.146. The molecule has 2 atom stereocenters. The molecular formula is C19H20FN7O2. The standard InChI is InChI=1S/C19H20FN7O2/c1-10-2-3-15(11-4-12(20)6-22-5-11)27(9-10)19(29)18(28)25-14-8-23-17(21)13-7-24-26-16(13)14/h4-8,10,15H,2-3,9H2,1H3,(H2,21,23)(H,24,26)(H,25,28)/t10-,15+/m0/s1. The van der Waals surface area contributed by atoms with Gasteiger partial charge in [-0.05, 0) is 30.4 Å². The van der Waals surface area contributed by atoms with Crippen LogP contribution in [0.1, 0.15) is 31.4 Å². The van der Waals surface area contributed by atoms with Gasteiger partial charge in [-0.15, -0.1) is 0 Å². The van der Waals surface area contributed by atoms with Gasteiger partial charge in [0, 0.05) is 12.7 Å². The van der Waals surface area contributed by atoms with Crippen molar-refractivity contribution < 1.29 is 14.0 Å². The SMILES string of the molecule is C[C@H]1CC[C@H](c2cncc(F)c2)N(C(=O)C(=O)Nc2cnc(N)c3cn[nH]c23)C1. The van der Waals surface area contributed by atoms with Crippen LogP contribution in [-0.2, 0) is 9.59 Å². The Morgan fingerprint density at radius 1 is 1.28 bits per heavy atom. The highest BCUT2D eigenvalue weighted by Gasteiger charge is 2.34. The summed E-state index contributed by atoms with van der Waals surface area (Å²) in [5, 5.41) is 9.77. The number of H-pyrrole nitrogens is 1. The lowest BCUT2D eigenvalue weighted by Crippen LogP contribution is -2.46. The third kappa shape index (κ3) is 3.60. The minimum absolute atomic E-state index is 0.224. The van der Waals surface area contributed by atoms with E-state index in [1.165, 1.54) is 29.6 Å². The van der Waals surface area contributed by atoms with E-state index in [0.29, 0.717) is 35.1 Å². The van der Waals surface area contributed by atoms with Gasteiger partial charge in [0.2, 0.25) is 0 Å². The first-order chi connectivity index (χ1) is 13.9. The molecule has 3 aromatic rings. The number of hydrogen-bond donors (Lipinski definition) is 3. The van der Waals surface area contributed by atoms with Crippen LogP contribution in [-0.4, -0.2) is 43.4 Å². The largest absolute Gasteiger partial charge is 0.383 e. The number of nitrogens with zero attached hydrogens (tertiary/aromatic N) is 4. The Bertz CT molecular complexity index is 1080. The summed E-state index contributed by atoms with van der Waals surface area (Å²) < 4.78 is 13.7. The number of aromatic amines is 1. The van der Waals surface area contributed by atoms with Gasteiger partial charge in [-0.3, -0.25) is 19.7 Å². The molecule has 4 N–H and O–H groups in total. The molecule has 0 radical (unpaired) electrons. The van der Waals surface area contributed by atoms with E-state index in [-0.39, 0.29) is 11.7 Å². The molecule has 10 heteroatoms. The molecular weight excluding hydrogens is 377 g/mol. The van der Waals surface area contributed by atoms with Crippen molar-refractivity contribution in [2.75, 3.05) is 17.6 Å². The smallest absolute Gasteiger partial charge is 0.314 e. The first kappa shape index (κ1) is 18.8. The van der Waals surface area contributed by atoms with Crippen LogP contribution in [0, 0.1) is 11.7 Å². The average molecular weight is 397 g/mol. The third-order valence-electron chi connectivity index (χ3n) is 5.15. The number of fused-ring (bicyclic) bond motifs is 1. The Labute approximate surface area is 165 Å². The van der Waals surface area contributed by atoms with Gasteiger partial charge >= 0.3 is 11.8 Å². The predicted molar refractivity (Wildman–Crippen MR) is 104 cm³/mol. The van der Waals surface area contributed by atoms with Gasteiger partial charge in [-0.25, -0.2) is 9.37 Å². The van der Waals surface area contributed by atoms with Crippen molar-refractivity contribution in [3.8, 4) is 0 Å². The van der Waals surface area contributed by atoms with Crippen molar-refractivity contribution in [1.29, 1.82) is 0 Å². The van der Waals surface area contributed by atoms with Gasteiger partial charge in [0.25, 0.3) is 0 Å². The zero-order valence-corrected chi connectivity index (χ0v) is 15.7. The Morgan fingerprint density at radius 3 is 2.90 bits per heavy atom. The fourth-order valence-corrected chi connectivity index (χ4v) is 3.69. The Kier molecular flexibility index (Phi) is 4.83. The molecule has 1 saturated heterocycles. The summed E-state index contributed by atoms with van der Waals surface area (Å²) in [5.74, 6) is -1.50. The van der Waals surface area contributed by atoms with E-state index in [0.717, 1.165) is 12.6 Å². The number of pyridine rings is 2. The summed E-state index contributed by atoms with van der Waals surface area (Å²) >= 11 is 0. The molecule has 1 fully saturated rings. The molecule has 150 valence electrons. The van der Waals surface area contributed by atoms with Gasteiger partial charge in [-0.2, -0.15) is 5.10 Å². The van der Waals surface area contributed by atoms with Crippen LogP contribution >= 0.6 is 0 Å². The number of aromatic nitrogens is 4. The number of anilines is 2. The monoisotopic (exact) mass is 397 g/mol. The summed E-state index contributed by atoms with van der Waals surface area (Å²) in [5.41, 5.74) is 7.15. The van der Waals surface area contributed by atoms with E-state index in [1.54, 1.807) is 0 Å². The molecule has 4 rings (SSSR count). The zero-order valence-electron chi connectivity index (χ0n) is 15.7. The lowest BCUT2D eigenvalue weighted by Gasteiger charge is -2.38. The van der Waals surface area contributed by atoms with Crippen LogP contribution in [0.5, 0.6) is 0 Å². The number of rotatable bonds is 2. The number of likely N-dealkylation sites (tertiary alicyclic amines) is 1. The number of nitrogens with one attached hydrogen (secondary N) is 2. The maximum atomic E-state index is 13.7. The first-order valence-corrected chi connectivity index (χ1v) is 9.24. The van der Waals surface area contributed by atoms with E-state index in [2.05, 4.69) is 25.5 Å². The Balaban J connectivity index is 1.59. The summed E-state index contributed by atoms with van der Waals surface area (Å²) in [6, 6.07) is 0.938. The summed E-state index contributed by atoms with van der Waals surface area (Å²) in [6.45, 7) is 2.41. The molecule has 29 heavy (non-hydrogen) atoms. The van der Waals surface area contributed by atoms with Crippen LogP contribution in [0.2, 0.25) is 0 Å². The van der Waals surface area contributed by atoms with E-state index in [4.69, 9.17) is 5.73 Å². The van der Waals surface area contributed by atoms with Crippen LogP contribution in [0.15, 0.2) is 30.9 Å². The topological polar surface area (TPSA) is 130 Å². The molecule has 2 amide bonds. The molecule has 1 aliphatic rings. The van der Waals surface area contributed by atoms with Crippen LogP contribution < -0.4 is 11.1 Å². The number of piperidine rings is 1. The van der Waals surface area contributed by atoms with Gasteiger partial charge in [0.1, 0.15) is 11.6 Å². The second-order valence-corrected chi connectivity index (χ2v) is 7.26. The quantitative estimate of drug-likeness (QED) is 0.567. The van der Waals surface area contributed by atoms with Gasteiger partial charge in [0.15, 0.2) is 0 Å². The normalized spacial score (nSPS) is 19.3. The first-order valence-electron chi connectivity index (χ1n) is 9.24. The van der Waals surface area contributed by atoms with Crippen LogP contribution in [0.25, 0.3) is 10.9 Å². The Morgan fingerprint density at radius 2 is 2.10 bits per heavy atom. The van der Waals surface area contributed by atoms with E-state index >= 15 is 0 Å². The number of nitrogen functional groups attached to an aromatic ring is 1. The highest BCUT2D eigenvalue weighted by Crippen LogP contribution is 2.33. The summed E-state index contributed by atoms with van der Waals surface area (Å²) in [4.78, 5) is 35.1. The molecule has 0 aliphatic carbocycles. The molecule has 3 aromatic heterocycles. The molecule has 0 unspecified atom stereocenters. The fraction of sp³-hybridized carbons (Fsp3) is 0.316. The average Bonchev–Trinajstić information content (AvgIpc) is 3.20. The van der Waals surface area contributed by atoms with Crippen LogP contribution in [0.3, 0.4) is 0 Å². The van der Waals surface area contributed by atoms with Crippen molar-refractivity contribution >= 4 is 34.2 Å². The third-order valence-corrected chi connectivity index (χ3v) is 5.15. The molecule has 1 aliphatic heterocycles. The molecule has 9 nitrogen and oxygen atoms in total. The van der Waals surface area contributed by atoms with Gasteiger partial charge in [0.05, 0.1) is 41.2 Å². The highest BCUT2D eigenvalue weighted by molar-refractivity contribution is 6.40. The molecule has 4 heterocycles. The second-order valence-electron chi connectivity index (χ2n) is 7.26. The van der Waals surface area contributed by atoms with Gasteiger partial charge in [-0.1, -0.05) is 6.92 Å². The van der Waals surface area contributed by atoms with Gasteiger partial charge < -0.3 is 16.0 Å². The summed E-state index contributed by atoms with van der Waals surface area (Å²) in [7, 11) is 0. The minimum atomic E-state index is -0.809. The van der Waals surface area contributed by atoms with E-state index < -0.39 is 23.7 Å². The minimum Gasteiger partial charge on any atom is -0.383 e. The van der Waals surface area contributed by atoms with Crippen LogP contribution in [0.4, 0.5) is 15.9 Å². The zero-order chi connectivity index (χ0) is 20.5. The lowest BCUT2D eigenvalue weighted by atomic mass is 9.90. The predicted octanol–water partition coefficient (Wildman–Crippen LogP) is 2.01. The molecule has 0 saturated carbocycles. The maximum Gasteiger partial charge on any atom is 0.314 e. The van der Waals surface area contributed by atoms with Crippen molar-refractivity contribution in [3.63, 3.8) is 0 Å². The fourth-order valence-electron chi connectivity index (χ4n) is 3.69. The number of carbonyl (C=O) groups is 2. The van der Waals surface area contributed by atoms with E-state index in [9.17, 15) is 14.0 Å². The highest BCUT2D eigenvalue weighted by atomic mass is 19.1. The number of carbonyl (C=O) groups excluding carboxylic acids is 2. The van der Waals surface area contributed by atoms with Crippen molar-refractivity contribution in [3.05, 3.63) is 42.2 Å². The second kappa shape index (κ2) is 7.46. The summed E-state index contributed by atoms with van der Waals surface area (Å²) in [6.07, 6.45) is 6.99. The molecule has 0 spiro atoms. The molecule has 0 bridgehead atoms.